The number of nitrogens with zero attached hydrogens (tertiary/aromatic N) is 1. The molecule has 0 bridgehead atoms. The first-order chi connectivity index (χ1) is 22.8. The van der Waals surface area contributed by atoms with Gasteiger partial charge in [-0.2, -0.15) is 0 Å². The Morgan fingerprint density at radius 3 is 2.17 bits per heavy atom. The summed E-state index contributed by atoms with van der Waals surface area (Å²) in [4.78, 5) is 27.3. The molecule has 2 aromatic carbocycles. The number of rotatable bonds is 19. The number of aromatic nitrogens is 1. The molecule has 2 amide bonds. The summed E-state index contributed by atoms with van der Waals surface area (Å²) < 4.78 is 60.6. The van der Waals surface area contributed by atoms with Gasteiger partial charge < -0.3 is 25.6 Å². The van der Waals surface area contributed by atoms with Crippen LogP contribution < -0.4 is 16.0 Å². The van der Waals surface area contributed by atoms with Crippen molar-refractivity contribution in [2.24, 2.45) is 0 Å². The third kappa shape index (κ3) is 11.2. The van der Waals surface area contributed by atoms with Crippen molar-refractivity contribution in [2.75, 3.05) is 12.3 Å². The third-order valence-electron chi connectivity index (χ3n) is 8.26. The number of aryl methyl sites for hydroxylation is 3. The average Bonchev–Trinajstić information content (AvgIpc) is 3.37. The highest BCUT2D eigenvalue weighted by Crippen LogP contribution is 2.19. The molecule has 3 atom stereocenters. The molecule has 0 saturated heterocycles. The average molecular weight is 691 g/mol. The Morgan fingerprint density at radius 1 is 0.938 bits per heavy atom. The second-order valence-corrected chi connectivity index (χ2v) is 14.5. The van der Waals surface area contributed by atoms with E-state index in [1.807, 2.05) is 45.0 Å². The molecule has 2 unspecified atom stereocenters. The number of benzene rings is 2. The van der Waals surface area contributed by atoms with Crippen LogP contribution in [0, 0.1) is 25.5 Å². The molecule has 0 saturated carbocycles. The van der Waals surface area contributed by atoms with E-state index < -0.39 is 62.5 Å². The molecule has 48 heavy (non-hydrogen) atoms. The fourth-order valence-electron chi connectivity index (χ4n) is 5.75. The van der Waals surface area contributed by atoms with E-state index in [9.17, 15) is 31.9 Å². The van der Waals surface area contributed by atoms with Crippen LogP contribution >= 0.6 is 0 Å². The number of hydrogen-bond acceptors (Lipinski definition) is 8. The Morgan fingerprint density at radius 2 is 1.58 bits per heavy atom. The van der Waals surface area contributed by atoms with Gasteiger partial charge in [-0.15, -0.1) is 0 Å². The first-order valence-electron chi connectivity index (χ1n) is 16.4. The van der Waals surface area contributed by atoms with Gasteiger partial charge in [0.15, 0.2) is 9.84 Å². The van der Waals surface area contributed by atoms with Gasteiger partial charge in [0, 0.05) is 19.2 Å². The number of sulfone groups is 1. The summed E-state index contributed by atoms with van der Waals surface area (Å²) in [7, 11) is -3.89. The molecular formula is C35H48F2N4O6S. The van der Waals surface area contributed by atoms with Gasteiger partial charge in [0.25, 0.3) is 5.91 Å². The minimum Gasteiger partial charge on any atom is -0.390 e. The van der Waals surface area contributed by atoms with E-state index in [-0.39, 0.29) is 35.5 Å². The fourth-order valence-corrected chi connectivity index (χ4v) is 7.91. The van der Waals surface area contributed by atoms with Gasteiger partial charge >= 0.3 is 0 Å². The smallest absolute Gasteiger partial charge is 0.257 e. The molecule has 3 aromatic rings. The lowest BCUT2D eigenvalue weighted by Crippen LogP contribution is -2.57. The number of aliphatic hydroxyl groups excluding tert-OH is 1. The van der Waals surface area contributed by atoms with Gasteiger partial charge in [-0.05, 0) is 68.4 Å². The van der Waals surface area contributed by atoms with Gasteiger partial charge in [-0.3, -0.25) is 9.59 Å². The van der Waals surface area contributed by atoms with Crippen LogP contribution in [-0.4, -0.2) is 66.2 Å². The maximum Gasteiger partial charge on any atom is 0.257 e. The van der Waals surface area contributed by atoms with E-state index in [4.69, 9.17) is 4.52 Å². The Balaban J connectivity index is 1.90. The summed E-state index contributed by atoms with van der Waals surface area (Å²) in [5, 5.41) is 22.7. The second kappa shape index (κ2) is 18.2. The number of carbonyl (C=O) groups is 2. The van der Waals surface area contributed by atoms with Gasteiger partial charge in [-0.25, -0.2) is 17.2 Å². The van der Waals surface area contributed by atoms with Gasteiger partial charge in [0.05, 0.1) is 28.8 Å². The van der Waals surface area contributed by atoms with Crippen LogP contribution in [0.5, 0.6) is 0 Å². The molecule has 13 heteroatoms. The molecule has 0 radical (unpaired) electrons. The third-order valence-corrected chi connectivity index (χ3v) is 10.5. The van der Waals surface area contributed by atoms with Gasteiger partial charge in [0.1, 0.15) is 29.0 Å². The zero-order valence-corrected chi connectivity index (χ0v) is 29.1. The van der Waals surface area contributed by atoms with Crippen LogP contribution in [0.1, 0.15) is 85.0 Å². The molecule has 1 heterocycles. The first kappa shape index (κ1) is 38.8. The molecule has 4 N–H and O–H groups in total. The molecular weight excluding hydrogens is 642 g/mol. The summed E-state index contributed by atoms with van der Waals surface area (Å²) in [6, 6.07) is 8.15. The highest BCUT2D eigenvalue weighted by atomic mass is 32.2. The fraction of sp³-hybridized carbons (Fsp3) is 0.514. The van der Waals surface area contributed by atoms with Crippen molar-refractivity contribution in [3.05, 3.63) is 87.8 Å². The lowest BCUT2D eigenvalue weighted by atomic mass is 10.00. The predicted molar refractivity (Wildman–Crippen MR) is 180 cm³/mol. The molecule has 0 fully saturated rings. The van der Waals surface area contributed by atoms with Crippen molar-refractivity contribution in [3.63, 3.8) is 0 Å². The SMILES string of the molecule is CCCC(CCC)S(=O)(=O)CC(NC(=O)c1c(C)noc1C)C(=O)N[C@@H](Cc1cc(F)cc(F)c1)C(O)CNCc1cccc(CC)c1. The first-order valence-corrected chi connectivity index (χ1v) is 18.2. The monoisotopic (exact) mass is 690 g/mol. The number of hydrogen-bond donors (Lipinski definition) is 4. The summed E-state index contributed by atoms with van der Waals surface area (Å²) >= 11 is 0. The highest BCUT2D eigenvalue weighted by Gasteiger charge is 2.35. The molecule has 0 aliphatic rings. The maximum atomic E-state index is 14.1. The van der Waals surface area contributed by atoms with Crippen molar-refractivity contribution in [1.29, 1.82) is 0 Å². The maximum absolute atomic E-state index is 14.1. The minimum atomic E-state index is -3.89. The molecule has 0 spiro atoms. The Bertz CT molecular complexity index is 1580. The van der Waals surface area contributed by atoms with Crippen molar-refractivity contribution < 1.29 is 36.4 Å². The zero-order chi connectivity index (χ0) is 35.4. The molecule has 10 nitrogen and oxygen atoms in total. The molecule has 0 aliphatic heterocycles. The normalized spacial score (nSPS) is 13.7. The predicted octanol–water partition coefficient (Wildman–Crippen LogP) is 4.49. The van der Waals surface area contributed by atoms with E-state index >= 15 is 0 Å². The largest absolute Gasteiger partial charge is 0.390 e. The lowest BCUT2D eigenvalue weighted by molar-refractivity contribution is -0.124. The zero-order valence-electron chi connectivity index (χ0n) is 28.3. The van der Waals surface area contributed by atoms with Crippen molar-refractivity contribution in [3.8, 4) is 0 Å². The van der Waals surface area contributed by atoms with Crippen LogP contribution in [0.15, 0.2) is 47.0 Å². The van der Waals surface area contributed by atoms with Crippen molar-refractivity contribution >= 4 is 21.7 Å². The van der Waals surface area contributed by atoms with E-state index in [1.165, 1.54) is 6.92 Å². The van der Waals surface area contributed by atoms with Gasteiger partial charge in [0.2, 0.25) is 5.91 Å². The highest BCUT2D eigenvalue weighted by molar-refractivity contribution is 7.92. The molecule has 0 aliphatic carbocycles. The van der Waals surface area contributed by atoms with Crippen molar-refractivity contribution in [1.82, 2.24) is 21.1 Å². The number of amides is 2. The number of nitrogens with one attached hydrogen (secondary N) is 3. The molecule has 3 rings (SSSR count). The van der Waals surface area contributed by atoms with Crippen LogP contribution in [0.25, 0.3) is 0 Å². The van der Waals surface area contributed by atoms with Crippen LogP contribution in [0.3, 0.4) is 0 Å². The second-order valence-electron chi connectivity index (χ2n) is 12.2. The minimum absolute atomic E-state index is 0.0113. The summed E-state index contributed by atoms with van der Waals surface area (Å²) in [6.07, 6.45) is 1.42. The van der Waals surface area contributed by atoms with E-state index in [0.29, 0.717) is 38.3 Å². The Hall–Kier alpha value is -3.68. The van der Waals surface area contributed by atoms with Crippen LogP contribution in [-0.2, 0) is 34.0 Å². The number of carbonyl (C=O) groups excluding carboxylic acids is 2. The summed E-state index contributed by atoms with van der Waals surface area (Å²) in [5.74, 6) is -3.77. The lowest BCUT2D eigenvalue weighted by Gasteiger charge is -2.28. The van der Waals surface area contributed by atoms with Crippen molar-refractivity contribution in [2.45, 2.75) is 103 Å². The summed E-state index contributed by atoms with van der Waals surface area (Å²) in [5.41, 5.74) is 2.64. The molecule has 264 valence electrons. The van der Waals surface area contributed by atoms with Crippen LogP contribution in [0.4, 0.5) is 8.78 Å². The van der Waals surface area contributed by atoms with Gasteiger partial charge in [-0.1, -0.05) is 63.0 Å². The van der Waals surface area contributed by atoms with E-state index in [2.05, 4.69) is 21.1 Å². The topological polar surface area (TPSA) is 151 Å². The van der Waals surface area contributed by atoms with E-state index in [0.717, 1.165) is 29.7 Å². The number of aliphatic hydroxyl groups is 1. The molecule has 1 aromatic heterocycles. The number of halogens is 2. The quantitative estimate of drug-likeness (QED) is 0.144. The summed E-state index contributed by atoms with van der Waals surface area (Å²) in [6.45, 7) is 9.26. The Kier molecular flexibility index (Phi) is 14.7. The Labute approximate surface area is 282 Å². The standard InChI is InChI=1S/C35H48F2N4O6S/c1-6-10-29(11-7-2)48(45,46)21-31(40-35(44)33-22(4)41-47-23(33)5)34(43)39-30(17-26-15-27(36)18-28(37)16-26)32(42)20-38-19-25-13-9-12-24(8-3)14-25/h9,12-16,18,29-32,38,42H,6-8,10-11,17,19-21H2,1-5H3,(H,39,43)(H,40,44)/t30-,31?,32?/m0/s1. The van der Waals surface area contributed by atoms with Crippen LogP contribution in [0.2, 0.25) is 0 Å². The van der Waals surface area contributed by atoms with E-state index in [1.54, 1.807) is 6.92 Å².